The zero-order valence-electron chi connectivity index (χ0n) is 11.3. The molecule has 0 aliphatic rings. The molecule has 19 heavy (non-hydrogen) atoms. The molecule has 2 aromatic rings. The zero-order valence-corrected chi connectivity index (χ0v) is 12.1. The number of ether oxygens (including phenoxy) is 1. The molecule has 0 radical (unpaired) electrons. The summed E-state index contributed by atoms with van der Waals surface area (Å²) in [5, 5.41) is 3.87. The van der Waals surface area contributed by atoms with Crippen molar-refractivity contribution in [3.8, 4) is 5.75 Å². The Labute approximate surface area is 118 Å². The van der Waals surface area contributed by atoms with Crippen LogP contribution < -0.4 is 10.1 Å². The molecular formula is C15H17ClN2O. The van der Waals surface area contributed by atoms with Crippen molar-refractivity contribution in [1.29, 1.82) is 0 Å². The number of anilines is 1. The molecule has 1 N–H and O–H groups in total. The Morgan fingerprint density at radius 3 is 2.53 bits per heavy atom. The van der Waals surface area contributed by atoms with Crippen LogP contribution in [0.5, 0.6) is 5.75 Å². The minimum Gasteiger partial charge on any atom is -0.487 e. The van der Waals surface area contributed by atoms with E-state index in [2.05, 4.69) is 10.3 Å². The topological polar surface area (TPSA) is 34.2 Å². The summed E-state index contributed by atoms with van der Waals surface area (Å²) in [6.07, 6.45) is 1.77. The van der Waals surface area contributed by atoms with Crippen LogP contribution in [0.1, 0.15) is 16.8 Å². The van der Waals surface area contributed by atoms with E-state index in [1.54, 1.807) is 6.20 Å². The van der Waals surface area contributed by atoms with E-state index in [0.717, 1.165) is 33.3 Å². The molecule has 0 bridgehead atoms. The number of pyridine rings is 1. The van der Waals surface area contributed by atoms with Gasteiger partial charge in [-0.15, -0.1) is 0 Å². The standard InChI is InChI=1S/C15H17ClN2O/c1-10-6-14(7-11(2)15(10)16)19-9-13-8-12(17-3)4-5-18-13/h4-8H,9H2,1-3H3,(H,17,18). The second kappa shape index (κ2) is 5.93. The highest BCUT2D eigenvalue weighted by molar-refractivity contribution is 6.32. The van der Waals surface area contributed by atoms with Gasteiger partial charge in [-0.3, -0.25) is 4.98 Å². The van der Waals surface area contributed by atoms with E-state index in [1.165, 1.54) is 0 Å². The van der Waals surface area contributed by atoms with E-state index in [4.69, 9.17) is 16.3 Å². The molecule has 0 aliphatic heterocycles. The summed E-state index contributed by atoms with van der Waals surface area (Å²) in [5.74, 6) is 0.816. The molecule has 100 valence electrons. The number of benzene rings is 1. The Balaban J connectivity index is 2.10. The van der Waals surface area contributed by atoms with Gasteiger partial charge in [-0.25, -0.2) is 0 Å². The maximum absolute atomic E-state index is 6.13. The van der Waals surface area contributed by atoms with Gasteiger partial charge in [-0.05, 0) is 49.2 Å². The lowest BCUT2D eigenvalue weighted by atomic mass is 10.1. The number of aromatic nitrogens is 1. The van der Waals surface area contributed by atoms with Gasteiger partial charge in [0.15, 0.2) is 0 Å². The van der Waals surface area contributed by atoms with Gasteiger partial charge in [0.2, 0.25) is 0 Å². The van der Waals surface area contributed by atoms with Crippen LogP contribution in [-0.4, -0.2) is 12.0 Å². The summed E-state index contributed by atoms with van der Waals surface area (Å²) in [7, 11) is 1.88. The van der Waals surface area contributed by atoms with E-state index in [9.17, 15) is 0 Å². The summed E-state index contributed by atoms with van der Waals surface area (Å²) >= 11 is 6.13. The molecule has 3 nitrogen and oxygen atoms in total. The molecule has 0 fully saturated rings. The van der Waals surface area contributed by atoms with E-state index >= 15 is 0 Å². The van der Waals surface area contributed by atoms with Gasteiger partial charge in [-0.2, -0.15) is 0 Å². The smallest absolute Gasteiger partial charge is 0.130 e. The van der Waals surface area contributed by atoms with Gasteiger partial charge in [0.1, 0.15) is 12.4 Å². The first-order valence-corrected chi connectivity index (χ1v) is 6.50. The fraction of sp³-hybridized carbons (Fsp3) is 0.267. The highest BCUT2D eigenvalue weighted by Crippen LogP contribution is 2.26. The number of aryl methyl sites for hydroxylation is 2. The molecule has 1 aromatic heterocycles. The third kappa shape index (κ3) is 3.38. The van der Waals surface area contributed by atoms with Gasteiger partial charge in [-0.1, -0.05) is 11.6 Å². The van der Waals surface area contributed by atoms with E-state index in [0.29, 0.717) is 6.61 Å². The van der Waals surface area contributed by atoms with Crippen LogP contribution in [0.3, 0.4) is 0 Å². The molecule has 0 saturated carbocycles. The van der Waals surface area contributed by atoms with Gasteiger partial charge in [0, 0.05) is 24.0 Å². The first-order valence-electron chi connectivity index (χ1n) is 6.12. The number of hydrogen-bond donors (Lipinski definition) is 1. The van der Waals surface area contributed by atoms with Crippen LogP contribution in [0.4, 0.5) is 5.69 Å². The van der Waals surface area contributed by atoms with Gasteiger partial charge < -0.3 is 10.1 Å². The maximum Gasteiger partial charge on any atom is 0.130 e. The third-order valence-corrected chi connectivity index (χ3v) is 3.50. The van der Waals surface area contributed by atoms with Crippen molar-refractivity contribution in [1.82, 2.24) is 4.98 Å². The second-order valence-corrected chi connectivity index (χ2v) is 4.82. The van der Waals surface area contributed by atoms with Crippen LogP contribution in [0.15, 0.2) is 30.5 Å². The van der Waals surface area contributed by atoms with Crippen LogP contribution >= 0.6 is 11.6 Å². The van der Waals surface area contributed by atoms with Crippen molar-refractivity contribution in [2.24, 2.45) is 0 Å². The van der Waals surface area contributed by atoms with E-state index in [-0.39, 0.29) is 0 Å². The van der Waals surface area contributed by atoms with Crippen LogP contribution in [0.25, 0.3) is 0 Å². The average Bonchev–Trinajstić information content (AvgIpc) is 2.42. The monoisotopic (exact) mass is 276 g/mol. The number of nitrogens with zero attached hydrogens (tertiary/aromatic N) is 1. The molecule has 4 heteroatoms. The number of halogens is 1. The Hall–Kier alpha value is -1.74. The Morgan fingerprint density at radius 2 is 1.89 bits per heavy atom. The van der Waals surface area contributed by atoms with Crippen molar-refractivity contribution in [2.45, 2.75) is 20.5 Å². The molecule has 0 atom stereocenters. The van der Waals surface area contributed by atoms with Crippen molar-refractivity contribution in [3.05, 3.63) is 52.3 Å². The van der Waals surface area contributed by atoms with Crippen molar-refractivity contribution in [2.75, 3.05) is 12.4 Å². The first kappa shape index (κ1) is 13.7. The summed E-state index contributed by atoms with van der Waals surface area (Å²) in [5.41, 5.74) is 3.95. The average molecular weight is 277 g/mol. The molecule has 1 heterocycles. The lowest BCUT2D eigenvalue weighted by Crippen LogP contribution is -2.00. The summed E-state index contributed by atoms with van der Waals surface area (Å²) < 4.78 is 5.76. The maximum atomic E-state index is 6.13. The van der Waals surface area contributed by atoms with E-state index < -0.39 is 0 Å². The minimum absolute atomic E-state index is 0.441. The van der Waals surface area contributed by atoms with Crippen LogP contribution in [0, 0.1) is 13.8 Å². The van der Waals surface area contributed by atoms with Crippen LogP contribution in [0.2, 0.25) is 5.02 Å². The predicted molar refractivity (Wildman–Crippen MR) is 79.0 cm³/mol. The van der Waals surface area contributed by atoms with Gasteiger partial charge in [0.25, 0.3) is 0 Å². The normalized spacial score (nSPS) is 10.3. The summed E-state index contributed by atoms with van der Waals surface area (Å²) in [4.78, 5) is 4.27. The molecule has 0 aliphatic carbocycles. The Kier molecular flexibility index (Phi) is 4.27. The SMILES string of the molecule is CNc1ccnc(COc2cc(C)c(Cl)c(C)c2)c1. The number of hydrogen-bond acceptors (Lipinski definition) is 3. The fourth-order valence-electron chi connectivity index (χ4n) is 1.86. The van der Waals surface area contributed by atoms with Crippen molar-refractivity contribution in [3.63, 3.8) is 0 Å². The number of nitrogens with one attached hydrogen (secondary N) is 1. The van der Waals surface area contributed by atoms with Gasteiger partial charge in [0.05, 0.1) is 5.69 Å². The van der Waals surface area contributed by atoms with E-state index in [1.807, 2.05) is 45.2 Å². The number of rotatable bonds is 4. The summed E-state index contributed by atoms with van der Waals surface area (Å²) in [6, 6.07) is 7.77. The lowest BCUT2D eigenvalue weighted by molar-refractivity contribution is 0.301. The Morgan fingerprint density at radius 1 is 1.21 bits per heavy atom. The molecule has 2 rings (SSSR count). The Bertz CT molecular complexity index is 561. The lowest BCUT2D eigenvalue weighted by Gasteiger charge is -2.10. The van der Waals surface area contributed by atoms with Crippen molar-refractivity contribution >= 4 is 17.3 Å². The molecule has 0 saturated heterocycles. The fourth-order valence-corrected chi connectivity index (χ4v) is 1.97. The van der Waals surface area contributed by atoms with Crippen LogP contribution in [-0.2, 0) is 6.61 Å². The quantitative estimate of drug-likeness (QED) is 0.917. The molecular weight excluding hydrogens is 260 g/mol. The molecule has 0 unspecified atom stereocenters. The first-order chi connectivity index (χ1) is 9.10. The minimum atomic E-state index is 0.441. The highest BCUT2D eigenvalue weighted by atomic mass is 35.5. The van der Waals surface area contributed by atoms with Crippen molar-refractivity contribution < 1.29 is 4.74 Å². The molecule has 0 amide bonds. The molecule has 0 spiro atoms. The van der Waals surface area contributed by atoms with Gasteiger partial charge >= 0.3 is 0 Å². The zero-order chi connectivity index (χ0) is 13.8. The third-order valence-electron chi connectivity index (χ3n) is 2.90. The molecule has 1 aromatic carbocycles. The highest BCUT2D eigenvalue weighted by Gasteiger charge is 2.04. The largest absolute Gasteiger partial charge is 0.487 e. The second-order valence-electron chi connectivity index (χ2n) is 4.45. The summed E-state index contributed by atoms with van der Waals surface area (Å²) in [6.45, 7) is 4.39. The predicted octanol–water partition coefficient (Wildman–Crippen LogP) is 3.97.